The SMILES string of the molecule is FC(F)(F)c1cc2c(NCCc3ccc4c(c3)OCO4)nc(-c3cccnc3)nc2s1. The minimum Gasteiger partial charge on any atom is -0.454 e. The molecule has 158 valence electrons. The third-order valence-electron chi connectivity index (χ3n) is 4.73. The number of fused-ring (bicyclic) bond motifs is 2. The average Bonchev–Trinajstić information content (AvgIpc) is 3.40. The topological polar surface area (TPSA) is 69.2 Å². The van der Waals surface area contributed by atoms with Gasteiger partial charge in [-0.25, -0.2) is 9.97 Å². The molecule has 0 radical (unpaired) electrons. The lowest BCUT2D eigenvalue weighted by atomic mass is 10.1. The smallest absolute Gasteiger partial charge is 0.425 e. The number of nitrogens with zero attached hydrogens (tertiary/aromatic N) is 3. The highest BCUT2D eigenvalue weighted by molar-refractivity contribution is 7.18. The standard InChI is InChI=1S/C21H15F3N4O2S/c22-21(23,24)17-9-14-19(26-7-5-12-3-4-15-16(8-12)30-11-29-15)27-18(28-20(14)31-17)13-2-1-6-25-10-13/h1-4,6,8-10H,5,7,11H2,(H,26,27,28). The normalized spacial score (nSPS) is 13.0. The molecule has 10 heteroatoms. The molecule has 4 aromatic rings. The number of ether oxygens (including phenoxy) is 2. The van der Waals surface area contributed by atoms with Crippen molar-refractivity contribution in [2.75, 3.05) is 18.7 Å². The van der Waals surface area contributed by atoms with Crippen LogP contribution in [0.5, 0.6) is 11.5 Å². The molecule has 4 heterocycles. The molecule has 31 heavy (non-hydrogen) atoms. The maximum absolute atomic E-state index is 13.3. The van der Waals surface area contributed by atoms with Crippen LogP contribution in [0, 0.1) is 0 Å². The van der Waals surface area contributed by atoms with Crippen molar-refractivity contribution in [3.8, 4) is 22.9 Å². The summed E-state index contributed by atoms with van der Waals surface area (Å²) in [7, 11) is 0. The number of pyridine rings is 1. The molecule has 0 saturated carbocycles. The van der Waals surface area contributed by atoms with E-state index in [9.17, 15) is 13.2 Å². The number of rotatable bonds is 5. The first-order chi connectivity index (χ1) is 15.0. The van der Waals surface area contributed by atoms with Crippen LogP contribution in [0.1, 0.15) is 10.4 Å². The third kappa shape index (κ3) is 3.98. The van der Waals surface area contributed by atoms with Gasteiger partial charge in [-0.05, 0) is 42.3 Å². The van der Waals surface area contributed by atoms with Crippen LogP contribution >= 0.6 is 11.3 Å². The summed E-state index contributed by atoms with van der Waals surface area (Å²) < 4.78 is 50.5. The molecule has 0 spiro atoms. The summed E-state index contributed by atoms with van der Waals surface area (Å²) in [5.41, 5.74) is 1.64. The van der Waals surface area contributed by atoms with Gasteiger partial charge in [-0.1, -0.05) is 6.07 Å². The van der Waals surface area contributed by atoms with E-state index < -0.39 is 11.1 Å². The zero-order valence-corrected chi connectivity index (χ0v) is 16.8. The van der Waals surface area contributed by atoms with E-state index in [-0.39, 0.29) is 11.6 Å². The second-order valence-corrected chi connectivity index (χ2v) is 7.86. The Hall–Kier alpha value is -3.40. The second kappa shape index (κ2) is 7.69. The van der Waals surface area contributed by atoms with Crippen LogP contribution in [-0.4, -0.2) is 28.3 Å². The first kappa shape index (κ1) is 19.6. The van der Waals surface area contributed by atoms with Crippen LogP contribution < -0.4 is 14.8 Å². The highest BCUT2D eigenvalue weighted by atomic mass is 32.1. The largest absolute Gasteiger partial charge is 0.454 e. The van der Waals surface area contributed by atoms with Crippen molar-refractivity contribution >= 4 is 27.4 Å². The molecule has 5 rings (SSSR count). The zero-order valence-electron chi connectivity index (χ0n) is 15.9. The Morgan fingerprint density at radius 2 is 1.94 bits per heavy atom. The van der Waals surface area contributed by atoms with Crippen LogP contribution in [0.15, 0.2) is 48.8 Å². The minimum absolute atomic E-state index is 0.201. The van der Waals surface area contributed by atoms with E-state index in [1.165, 1.54) is 0 Å². The number of hydrogen-bond donors (Lipinski definition) is 1. The van der Waals surface area contributed by atoms with E-state index >= 15 is 0 Å². The fourth-order valence-electron chi connectivity index (χ4n) is 3.24. The van der Waals surface area contributed by atoms with Gasteiger partial charge >= 0.3 is 6.18 Å². The van der Waals surface area contributed by atoms with Gasteiger partial charge in [-0.3, -0.25) is 4.98 Å². The molecule has 0 atom stereocenters. The molecular weight excluding hydrogens is 429 g/mol. The molecule has 0 amide bonds. The number of aromatic nitrogens is 3. The molecule has 6 nitrogen and oxygen atoms in total. The lowest BCUT2D eigenvalue weighted by Gasteiger charge is -2.09. The van der Waals surface area contributed by atoms with Gasteiger partial charge in [-0.2, -0.15) is 13.2 Å². The molecule has 1 aliphatic heterocycles. The second-order valence-electron chi connectivity index (χ2n) is 6.83. The zero-order chi connectivity index (χ0) is 21.4. The number of benzene rings is 1. The maximum Gasteiger partial charge on any atom is 0.425 e. The number of anilines is 1. The summed E-state index contributed by atoms with van der Waals surface area (Å²) in [5.74, 6) is 2.07. The molecular formula is C21H15F3N4O2S. The maximum atomic E-state index is 13.3. The van der Waals surface area contributed by atoms with Crippen molar-refractivity contribution in [3.05, 3.63) is 59.2 Å². The summed E-state index contributed by atoms with van der Waals surface area (Å²) in [6, 6.07) is 10.3. The summed E-state index contributed by atoms with van der Waals surface area (Å²) >= 11 is 0.604. The third-order valence-corrected chi connectivity index (χ3v) is 5.81. The van der Waals surface area contributed by atoms with Gasteiger partial charge in [0.25, 0.3) is 0 Å². The van der Waals surface area contributed by atoms with Crippen molar-refractivity contribution in [1.29, 1.82) is 0 Å². The van der Waals surface area contributed by atoms with Crippen molar-refractivity contribution < 1.29 is 22.6 Å². The number of hydrogen-bond acceptors (Lipinski definition) is 7. The highest BCUT2D eigenvalue weighted by Gasteiger charge is 2.33. The summed E-state index contributed by atoms with van der Waals surface area (Å²) in [5, 5.41) is 3.52. The molecule has 0 aliphatic carbocycles. The number of halogens is 3. The van der Waals surface area contributed by atoms with E-state index in [4.69, 9.17) is 9.47 Å². The van der Waals surface area contributed by atoms with Crippen LogP contribution in [0.25, 0.3) is 21.6 Å². The van der Waals surface area contributed by atoms with E-state index in [1.54, 1.807) is 24.5 Å². The van der Waals surface area contributed by atoms with Crippen LogP contribution in [0.3, 0.4) is 0 Å². The Labute approximate surface area is 178 Å². The fraction of sp³-hybridized carbons (Fsp3) is 0.190. The van der Waals surface area contributed by atoms with Gasteiger partial charge in [0, 0.05) is 24.5 Å². The first-order valence-corrected chi connectivity index (χ1v) is 10.2. The number of alkyl halides is 3. The Kier molecular flexibility index (Phi) is 4.85. The average molecular weight is 444 g/mol. The summed E-state index contributed by atoms with van der Waals surface area (Å²) in [6.07, 6.45) is -0.625. The Morgan fingerprint density at radius 3 is 2.74 bits per heavy atom. The lowest BCUT2D eigenvalue weighted by molar-refractivity contribution is -0.134. The molecule has 1 aromatic carbocycles. The molecule has 0 fully saturated rings. The molecule has 1 N–H and O–H groups in total. The Bertz CT molecular complexity index is 1240. The quantitative estimate of drug-likeness (QED) is 0.459. The van der Waals surface area contributed by atoms with Crippen molar-refractivity contribution in [2.45, 2.75) is 12.6 Å². The molecule has 0 bridgehead atoms. The van der Waals surface area contributed by atoms with Gasteiger partial charge in [0.1, 0.15) is 15.5 Å². The Balaban J connectivity index is 1.45. The van der Waals surface area contributed by atoms with Crippen molar-refractivity contribution in [2.24, 2.45) is 0 Å². The minimum atomic E-state index is -4.44. The van der Waals surface area contributed by atoms with Gasteiger partial charge in [0.15, 0.2) is 17.3 Å². The van der Waals surface area contributed by atoms with Gasteiger partial charge in [0.05, 0.1) is 5.39 Å². The van der Waals surface area contributed by atoms with Crippen LogP contribution in [0.2, 0.25) is 0 Å². The van der Waals surface area contributed by atoms with Gasteiger partial charge < -0.3 is 14.8 Å². The predicted molar refractivity (Wildman–Crippen MR) is 110 cm³/mol. The molecule has 1 aliphatic rings. The lowest BCUT2D eigenvalue weighted by Crippen LogP contribution is -2.08. The van der Waals surface area contributed by atoms with Crippen molar-refractivity contribution in [1.82, 2.24) is 15.0 Å². The summed E-state index contributed by atoms with van der Waals surface area (Å²) in [6.45, 7) is 0.669. The first-order valence-electron chi connectivity index (χ1n) is 9.39. The van der Waals surface area contributed by atoms with E-state index in [0.29, 0.717) is 58.4 Å². The molecule has 3 aromatic heterocycles. The van der Waals surface area contributed by atoms with E-state index in [0.717, 1.165) is 11.6 Å². The number of thiophene rings is 1. The number of nitrogens with one attached hydrogen (secondary N) is 1. The predicted octanol–water partition coefficient (Wildman–Crippen LogP) is 5.16. The monoisotopic (exact) mass is 444 g/mol. The fourth-order valence-corrected chi connectivity index (χ4v) is 4.14. The van der Waals surface area contributed by atoms with Crippen molar-refractivity contribution in [3.63, 3.8) is 0 Å². The Morgan fingerprint density at radius 1 is 1.06 bits per heavy atom. The van der Waals surface area contributed by atoms with Gasteiger partial charge in [-0.15, -0.1) is 11.3 Å². The van der Waals surface area contributed by atoms with E-state index in [2.05, 4.69) is 20.3 Å². The van der Waals surface area contributed by atoms with Crippen LogP contribution in [-0.2, 0) is 12.6 Å². The molecule has 0 saturated heterocycles. The molecule has 0 unspecified atom stereocenters. The summed E-state index contributed by atoms with van der Waals surface area (Å²) in [4.78, 5) is 12.4. The highest BCUT2D eigenvalue weighted by Crippen LogP contribution is 2.40. The van der Waals surface area contributed by atoms with Crippen LogP contribution in [0.4, 0.5) is 19.0 Å². The van der Waals surface area contributed by atoms with Gasteiger partial charge in [0.2, 0.25) is 6.79 Å². The van der Waals surface area contributed by atoms with E-state index in [1.807, 2.05) is 18.2 Å².